The van der Waals surface area contributed by atoms with Crippen LogP contribution in [0.1, 0.15) is 37.8 Å². The summed E-state index contributed by atoms with van der Waals surface area (Å²) in [4.78, 5) is 11.5. The Morgan fingerprint density at radius 1 is 1.38 bits per heavy atom. The number of rotatable bonds is 6. The number of nitrogens with one attached hydrogen (secondary N) is 1. The van der Waals surface area contributed by atoms with Gasteiger partial charge in [-0.1, -0.05) is 43.7 Å². The molecule has 0 aliphatic heterocycles. The number of carbonyl (C=O) groups is 1. The molecule has 0 radical (unpaired) electrons. The van der Waals surface area contributed by atoms with Gasteiger partial charge in [-0.2, -0.15) is 0 Å². The third-order valence-electron chi connectivity index (χ3n) is 2.49. The average molecular weight is 220 g/mol. The minimum absolute atomic E-state index is 0.0322. The Kier molecular flexibility index (Phi) is 5.57. The molecule has 1 atom stereocenters. The molecular weight excluding hydrogens is 200 g/mol. The molecule has 1 rings (SSSR count). The topological polar surface area (TPSA) is 55.1 Å². The van der Waals surface area contributed by atoms with E-state index in [0.29, 0.717) is 13.0 Å². The first kappa shape index (κ1) is 12.7. The van der Waals surface area contributed by atoms with Crippen molar-refractivity contribution < 1.29 is 4.79 Å². The summed E-state index contributed by atoms with van der Waals surface area (Å²) in [5, 5.41) is 3.02. The molecule has 1 aromatic carbocycles. The molecule has 0 bridgehead atoms. The van der Waals surface area contributed by atoms with Crippen LogP contribution < -0.4 is 11.1 Å². The summed E-state index contributed by atoms with van der Waals surface area (Å²) in [6.07, 6.45) is 2.40. The maximum Gasteiger partial charge on any atom is 0.221 e. The van der Waals surface area contributed by atoms with Crippen LogP contribution in [0.3, 0.4) is 0 Å². The average Bonchev–Trinajstić information content (AvgIpc) is 2.30. The maximum atomic E-state index is 11.5. The SMILES string of the molecule is CCCC(NC(=O)CCN)c1ccccc1. The summed E-state index contributed by atoms with van der Waals surface area (Å²) < 4.78 is 0. The van der Waals surface area contributed by atoms with Gasteiger partial charge in [-0.05, 0) is 12.0 Å². The molecule has 1 aromatic rings. The largest absolute Gasteiger partial charge is 0.349 e. The fourth-order valence-electron chi connectivity index (χ4n) is 1.69. The molecule has 3 nitrogen and oxygen atoms in total. The number of benzene rings is 1. The number of hydrogen-bond acceptors (Lipinski definition) is 2. The predicted octanol–water partition coefficient (Wildman–Crippen LogP) is 1.99. The Hall–Kier alpha value is -1.35. The smallest absolute Gasteiger partial charge is 0.221 e. The second kappa shape index (κ2) is 7.01. The van der Waals surface area contributed by atoms with Gasteiger partial charge in [-0.15, -0.1) is 0 Å². The lowest BCUT2D eigenvalue weighted by molar-refractivity contribution is -0.121. The summed E-state index contributed by atoms with van der Waals surface area (Å²) in [6.45, 7) is 2.52. The maximum absolute atomic E-state index is 11.5. The van der Waals surface area contributed by atoms with Crippen molar-refractivity contribution in [2.24, 2.45) is 5.73 Å². The van der Waals surface area contributed by atoms with E-state index in [4.69, 9.17) is 5.73 Å². The lowest BCUT2D eigenvalue weighted by atomic mass is 10.0. The quantitative estimate of drug-likeness (QED) is 0.770. The third kappa shape index (κ3) is 4.03. The van der Waals surface area contributed by atoms with Crippen LogP contribution in [0.2, 0.25) is 0 Å². The van der Waals surface area contributed by atoms with E-state index in [9.17, 15) is 4.79 Å². The molecule has 1 unspecified atom stereocenters. The van der Waals surface area contributed by atoms with Crippen molar-refractivity contribution in [2.45, 2.75) is 32.2 Å². The van der Waals surface area contributed by atoms with E-state index in [1.54, 1.807) is 0 Å². The number of hydrogen-bond donors (Lipinski definition) is 2. The summed E-state index contributed by atoms with van der Waals surface area (Å²) in [7, 11) is 0. The molecular formula is C13H20N2O. The van der Waals surface area contributed by atoms with Crippen molar-refractivity contribution in [1.82, 2.24) is 5.32 Å². The Labute approximate surface area is 97.0 Å². The summed E-state index contributed by atoms with van der Waals surface area (Å²) in [5.41, 5.74) is 6.52. The molecule has 16 heavy (non-hydrogen) atoms. The van der Waals surface area contributed by atoms with E-state index in [0.717, 1.165) is 18.4 Å². The van der Waals surface area contributed by atoms with Crippen molar-refractivity contribution >= 4 is 5.91 Å². The molecule has 0 saturated heterocycles. The van der Waals surface area contributed by atoms with Crippen LogP contribution in [-0.2, 0) is 4.79 Å². The van der Waals surface area contributed by atoms with Gasteiger partial charge in [0.05, 0.1) is 6.04 Å². The van der Waals surface area contributed by atoms with Crippen molar-refractivity contribution in [2.75, 3.05) is 6.54 Å². The first-order chi connectivity index (χ1) is 7.77. The number of carbonyl (C=O) groups excluding carboxylic acids is 1. The zero-order chi connectivity index (χ0) is 11.8. The van der Waals surface area contributed by atoms with Crippen LogP contribution in [0, 0.1) is 0 Å². The highest BCUT2D eigenvalue weighted by atomic mass is 16.1. The van der Waals surface area contributed by atoms with E-state index < -0.39 is 0 Å². The minimum atomic E-state index is 0.0322. The van der Waals surface area contributed by atoms with Crippen LogP contribution in [-0.4, -0.2) is 12.5 Å². The van der Waals surface area contributed by atoms with Crippen LogP contribution >= 0.6 is 0 Å². The van der Waals surface area contributed by atoms with Gasteiger partial charge in [0.25, 0.3) is 0 Å². The predicted molar refractivity (Wildman–Crippen MR) is 65.9 cm³/mol. The van der Waals surface area contributed by atoms with Gasteiger partial charge < -0.3 is 11.1 Å². The fourth-order valence-corrected chi connectivity index (χ4v) is 1.69. The molecule has 0 aliphatic rings. The summed E-state index contributed by atoms with van der Waals surface area (Å²) in [6, 6.07) is 10.2. The lowest BCUT2D eigenvalue weighted by Crippen LogP contribution is -2.29. The monoisotopic (exact) mass is 220 g/mol. The fraction of sp³-hybridized carbons (Fsp3) is 0.462. The van der Waals surface area contributed by atoms with E-state index >= 15 is 0 Å². The number of amides is 1. The first-order valence-electron chi connectivity index (χ1n) is 5.82. The molecule has 0 aromatic heterocycles. The second-order valence-corrected chi connectivity index (χ2v) is 3.86. The van der Waals surface area contributed by atoms with Gasteiger partial charge in [0.1, 0.15) is 0 Å². The first-order valence-corrected chi connectivity index (χ1v) is 5.82. The van der Waals surface area contributed by atoms with Gasteiger partial charge in [-0.3, -0.25) is 4.79 Å². The van der Waals surface area contributed by atoms with Crippen molar-refractivity contribution in [3.8, 4) is 0 Å². The van der Waals surface area contributed by atoms with Crippen LogP contribution in [0.5, 0.6) is 0 Å². The second-order valence-electron chi connectivity index (χ2n) is 3.86. The van der Waals surface area contributed by atoms with E-state index in [1.165, 1.54) is 0 Å². The Morgan fingerprint density at radius 3 is 2.62 bits per heavy atom. The summed E-state index contributed by atoms with van der Waals surface area (Å²) >= 11 is 0. The van der Waals surface area contributed by atoms with E-state index in [1.807, 2.05) is 30.3 Å². The lowest BCUT2D eigenvalue weighted by Gasteiger charge is -2.18. The molecule has 0 fully saturated rings. The molecule has 0 spiro atoms. The molecule has 88 valence electrons. The standard InChI is InChI=1S/C13H20N2O/c1-2-6-12(15-13(16)9-10-14)11-7-4-3-5-8-11/h3-5,7-8,12H,2,6,9-10,14H2,1H3,(H,15,16). The zero-order valence-electron chi connectivity index (χ0n) is 9.78. The molecule has 0 heterocycles. The van der Waals surface area contributed by atoms with E-state index in [2.05, 4.69) is 12.2 Å². The van der Waals surface area contributed by atoms with Gasteiger partial charge >= 0.3 is 0 Å². The number of nitrogens with two attached hydrogens (primary N) is 1. The van der Waals surface area contributed by atoms with Gasteiger partial charge in [0.2, 0.25) is 5.91 Å². The highest BCUT2D eigenvalue weighted by Gasteiger charge is 2.12. The molecule has 3 N–H and O–H groups in total. The highest BCUT2D eigenvalue weighted by Crippen LogP contribution is 2.17. The van der Waals surface area contributed by atoms with Gasteiger partial charge in [0, 0.05) is 13.0 Å². The molecule has 1 amide bonds. The Bertz CT molecular complexity index is 311. The van der Waals surface area contributed by atoms with Gasteiger partial charge in [-0.25, -0.2) is 0 Å². The normalized spacial score (nSPS) is 12.1. The van der Waals surface area contributed by atoms with Crippen molar-refractivity contribution in [3.63, 3.8) is 0 Å². The van der Waals surface area contributed by atoms with Gasteiger partial charge in [0.15, 0.2) is 0 Å². The van der Waals surface area contributed by atoms with Crippen LogP contribution in [0.25, 0.3) is 0 Å². The summed E-state index contributed by atoms with van der Waals surface area (Å²) in [5.74, 6) is 0.0322. The van der Waals surface area contributed by atoms with E-state index in [-0.39, 0.29) is 11.9 Å². The van der Waals surface area contributed by atoms with Crippen molar-refractivity contribution in [3.05, 3.63) is 35.9 Å². The minimum Gasteiger partial charge on any atom is -0.349 e. The van der Waals surface area contributed by atoms with Crippen molar-refractivity contribution in [1.29, 1.82) is 0 Å². The Morgan fingerprint density at radius 2 is 2.06 bits per heavy atom. The molecule has 0 aliphatic carbocycles. The molecule has 3 heteroatoms. The zero-order valence-corrected chi connectivity index (χ0v) is 9.78. The highest BCUT2D eigenvalue weighted by molar-refractivity contribution is 5.76. The third-order valence-corrected chi connectivity index (χ3v) is 2.49. The molecule has 0 saturated carbocycles. The van der Waals surface area contributed by atoms with Crippen LogP contribution in [0.15, 0.2) is 30.3 Å². The Balaban J connectivity index is 2.64. The van der Waals surface area contributed by atoms with Crippen LogP contribution in [0.4, 0.5) is 0 Å².